The summed E-state index contributed by atoms with van der Waals surface area (Å²) in [6.45, 7) is 4.33. The Morgan fingerprint density at radius 3 is 2.52 bits per heavy atom. The molecule has 1 aromatic carbocycles. The van der Waals surface area contributed by atoms with Crippen molar-refractivity contribution in [1.29, 1.82) is 0 Å². The fourth-order valence-electron chi connectivity index (χ4n) is 2.13. The topological polar surface area (TPSA) is 51.9 Å². The van der Waals surface area contributed by atoms with Gasteiger partial charge in [-0.25, -0.2) is 0 Å². The van der Waals surface area contributed by atoms with Crippen LogP contribution in [0.5, 0.6) is 11.7 Å². The van der Waals surface area contributed by atoms with Crippen molar-refractivity contribution in [3.8, 4) is 11.7 Å². The molecule has 2 aromatic rings. The Labute approximate surface area is 123 Å². The van der Waals surface area contributed by atoms with Crippen LogP contribution in [0.25, 0.3) is 0 Å². The number of furan rings is 1. The van der Waals surface area contributed by atoms with Crippen molar-refractivity contribution in [3.63, 3.8) is 0 Å². The van der Waals surface area contributed by atoms with E-state index < -0.39 is 0 Å². The van der Waals surface area contributed by atoms with Crippen LogP contribution in [0.4, 0.5) is 0 Å². The molecule has 3 rings (SSSR count). The summed E-state index contributed by atoms with van der Waals surface area (Å²) >= 11 is 0. The van der Waals surface area contributed by atoms with Gasteiger partial charge in [-0.05, 0) is 25.1 Å². The summed E-state index contributed by atoms with van der Waals surface area (Å²) in [4.78, 5) is 14.0. The van der Waals surface area contributed by atoms with Gasteiger partial charge >= 0.3 is 0 Å². The lowest BCUT2D eigenvalue weighted by Gasteiger charge is -2.25. The molecule has 5 heteroatoms. The van der Waals surface area contributed by atoms with Crippen LogP contribution in [0.3, 0.4) is 0 Å². The Hall–Kier alpha value is -2.27. The van der Waals surface area contributed by atoms with E-state index >= 15 is 0 Å². The number of morpholine rings is 1. The van der Waals surface area contributed by atoms with Crippen molar-refractivity contribution in [3.05, 3.63) is 47.7 Å². The Morgan fingerprint density at radius 2 is 1.81 bits per heavy atom. The number of hydrogen-bond acceptors (Lipinski definition) is 4. The smallest absolute Gasteiger partial charge is 0.290 e. The van der Waals surface area contributed by atoms with Crippen molar-refractivity contribution < 1.29 is 18.7 Å². The first kappa shape index (κ1) is 13.7. The molecule has 1 fully saturated rings. The molecular weight excluding hydrogens is 270 g/mol. The second-order valence-electron chi connectivity index (χ2n) is 4.94. The lowest BCUT2D eigenvalue weighted by molar-refractivity contribution is 0.0280. The highest BCUT2D eigenvalue weighted by Gasteiger charge is 2.21. The highest BCUT2D eigenvalue weighted by Crippen LogP contribution is 2.24. The number of carbonyl (C=O) groups is 1. The quantitative estimate of drug-likeness (QED) is 0.871. The van der Waals surface area contributed by atoms with Crippen LogP contribution in [0.15, 0.2) is 40.8 Å². The molecule has 0 saturated carbocycles. The number of rotatable bonds is 3. The van der Waals surface area contributed by atoms with Crippen molar-refractivity contribution in [1.82, 2.24) is 4.90 Å². The first-order valence-electron chi connectivity index (χ1n) is 6.94. The van der Waals surface area contributed by atoms with Gasteiger partial charge in [0, 0.05) is 19.2 Å². The van der Waals surface area contributed by atoms with Gasteiger partial charge in [0.15, 0.2) is 5.76 Å². The molecule has 1 aromatic heterocycles. The normalized spacial score (nSPS) is 15.0. The highest BCUT2D eigenvalue weighted by molar-refractivity contribution is 5.91. The van der Waals surface area contributed by atoms with Crippen LogP contribution >= 0.6 is 0 Å². The van der Waals surface area contributed by atoms with Gasteiger partial charge in [-0.1, -0.05) is 17.7 Å². The van der Waals surface area contributed by atoms with Crippen molar-refractivity contribution in [2.24, 2.45) is 0 Å². The van der Waals surface area contributed by atoms with Gasteiger partial charge in [0.05, 0.1) is 13.2 Å². The van der Waals surface area contributed by atoms with Gasteiger partial charge < -0.3 is 18.8 Å². The van der Waals surface area contributed by atoms with Gasteiger partial charge in [-0.3, -0.25) is 4.79 Å². The lowest BCUT2D eigenvalue weighted by Crippen LogP contribution is -2.40. The summed E-state index contributed by atoms with van der Waals surface area (Å²) in [5.41, 5.74) is 1.16. The Kier molecular flexibility index (Phi) is 3.92. The summed E-state index contributed by atoms with van der Waals surface area (Å²) in [5, 5.41) is 0. The third-order valence-corrected chi connectivity index (χ3v) is 3.33. The van der Waals surface area contributed by atoms with E-state index in [-0.39, 0.29) is 5.91 Å². The van der Waals surface area contributed by atoms with Crippen LogP contribution < -0.4 is 4.74 Å². The third kappa shape index (κ3) is 3.25. The summed E-state index contributed by atoms with van der Waals surface area (Å²) in [7, 11) is 0. The average Bonchev–Trinajstić information content (AvgIpc) is 2.98. The number of hydrogen-bond donors (Lipinski definition) is 0. The van der Waals surface area contributed by atoms with Crippen molar-refractivity contribution in [2.75, 3.05) is 26.3 Å². The Bertz CT molecular complexity index is 611. The predicted molar refractivity (Wildman–Crippen MR) is 76.7 cm³/mol. The van der Waals surface area contributed by atoms with E-state index in [1.165, 1.54) is 0 Å². The van der Waals surface area contributed by atoms with Gasteiger partial charge in [-0.15, -0.1) is 0 Å². The summed E-state index contributed by atoms with van der Waals surface area (Å²) in [6.07, 6.45) is 0. The van der Waals surface area contributed by atoms with Gasteiger partial charge in [0.2, 0.25) is 0 Å². The molecule has 0 aliphatic carbocycles. The molecular formula is C16H17NO4. The van der Waals surface area contributed by atoms with Crippen LogP contribution in [0.2, 0.25) is 0 Å². The fraction of sp³-hybridized carbons (Fsp3) is 0.312. The molecule has 2 heterocycles. The van der Waals surface area contributed by atoms with E-state index in [1.807, 2.05) is 31.2 Å². The predicted octanol–water partition coefficient (Wildman–Crippen LogP) is 2.85. The molecule has 1 saturated heterocycles. The molecule has 21 heavy (non-hydrogen) atoms. The number of aryl methyl sites for hydroxylation is 1. The monoisotopic (exact) mass is 287 g/mol. The van der Waals surface area contributed by atoms with Crippen LogP contribution in [-0.2, 0) is 4.74 Å². The van der Waals surface area contributed by atoms with E-state index in [1.54, 1.807) is 17.0 Å². The summed E-state index contributed by atoms with van der Waals surface area (Å²) in [6, 6.07) is 10.9. The zero-order chi connectivity index (χ0) is 14.7. The number of ether oxygens (including phenoxy) is 2. The molecule has 0 spiro atoms. The van der Waals surface area contributed by atoms with E-state index in [0.29, 0.717) is 43.8 Å². The van der Waals surface area contributed by atoms with E-state index in [4.69, 9.17) is 13.9 Å². The molecule has 0 radical (unpaired) electrons. The van der Waals surface area contributed by atoms with E-state index in [9.17, 15) is 4.79 Å². The highest BCUT2D eigenvalue weighted by atomic mass is 16.6. The minimum atomic E-state index is -0.128. The molecule has 1 aliphatic heterocycles. The van der Waals surface area contributed by atoms with Crippen LogP contribution in [0.1, 0.15) is 16.1 Å². The molecule has 0 atom stereocenters. The maximum atomic E-state index is 12.2. The standard InChI is InChI=1S/C16H17NO4/c1-12-2-4-13(5-3-12)20-15-7-6-14(21-15)16(18)17-8-10-19-11-9-17/h2-7H,8-11H2,1H3. The number of nitrogens with zero attached hydrogens (tertiary/aromatic N) is 1. The third-order valence-electron chi connectivity index (χ3n) is 3.33. The zero-order valence-electron chi connectivity index (χ0n) is 11.9. The Morgan fingerprint density at radius 1 is 1.10 bits per heavy atom. The minimum absolute atomic E-state index is 0.128. The maximum absolute atomic E-state index is 12.2. The molecule has 1 aliphatic rings. The average molecular weight is 287 g/mol. The second-order valence-corrected chi connectivity index (χ2v) is 4.94. The van der Waals surface area contributed by atoms with Crippen molar-refractivity contribution in [2.45, 2.75) is 6.92 Å². The van der Waals surface area contributed by atoms with Crippen molar-refractivity contribution >= 4 is 5.91 Å². The fourth-order valence-corrected chi connectivity index (χ4v) is 2.13. The first-order valence-corrected chi connectivity index (χ1v) is 6.94. The molecule has 5 nitrogen and oxygen atoms in total. The minimum Gasteiger partial charge on any atom is -0.426 e. The number of benzene rings is 1. The van der Waals surface area contributed by atoms with E-state index in [2.05, 4.69) is 0 Å². The lowest BCUT2D eigenvalue weighted by atomic mass is 10.2. The SMILES string of the molecule is Cc1ccc(Oc2ccc(C(=O)N3CCOCC3)o2)cc1. The number of carbonyl (C=O) groups excluding carboxylic acids is 1. The zero-order valence-corrected chi connectivity index (χ0v) is 11.9. The van der Waals surface area contributed by atoms with Crippen LogP contribution in [-0.4, -0.2) is 37.1 Å². The Balaban J connectivity index is 1.68. The molecule has 110 valence electrons. The van der Waals surface area contributed by atoms with Gasteiger partial charge in [0.25, 0.3) is 11.9 Å². The molecule has 0 unspecified atom stereocenters. The van der Waals surface area contributed by atoms with Crippen LogP contribution in [0, 0.1) is 6.92 Å². The molecule has 0 bridgehead atoms. The molecule has 0 N–H and O–H groups in total. The van der Waals surface area contributed by atoms with Gasteiger partial charge in [0.1, 0.15) is 5.75 Å². The molecule has 1 amide bonds. The largest absolute Gasteiger partial charge is 0.426 e. The van der Waals surface area contributed by atoms with Gasteiger partial charge in [-0.2, -0.15) is 0 Å². The second kappa shape index (κ2) is 6.01. The van der Waals surface area contributed by atoms with E-state index in [0.717, 1.165) is 5.56 Å². The maximum Gasteiger partial charge on any atom is 0.290 e. The summed E-state index contributed by atoms with van der Waals surface area (Å²) < 4.78 is 16.3. The summed E-state index contributed by atoms with van der Waals surface area (Å²) in [5.74, 6) is 1.16. The first-order chi connectivity index (χ1) is 10.2. The number of amides is 1.